The van der Waals surface area contributed by atoms with Crippen molar-refractivity contribution >= 4 is 15.9 Å². The van der Waals surface area contributed by atoms with Gasteiger partial charge in [0.2, 0.25) is 10.0 Å². The third-order valence-electron chi connectivity index (χ3n) is 5.49. The van der Waals surface area contributed by atoms with E-state index in [0.717, 1.165) is 38.5 Å². The van der Waals surface area contributed by atoms with Gasteiger partial charge in [-0.25, -0.2) is 8.42 Å². The first-order valence-corrected chi connectivity index (χ1v) is 10.8. The molecule has 6 nitrogen and oxygen atoms in total. The minimum atomic E-state index is -3.60. The van der Waals surface area contributed by atoms with Crippen molar-refractivity contribution in [1.29, 1.82) is 0 Å². The lowest BCUT2D eigenvalue weighted by atomic mass is 10.0. The zero-order chi connectivity index (χ0) is 18.7. The van der Waals surface area contributed by atoms with E-state index in [2.05, 4.69) is 12.2 Å². The van der Waals surface area contributed by atoms with Crippen molar-refractivity contribution in [2.45, 2.75) is 56.4 Å². The minimum absolute atomic E-state index is 0.157. The topological polar surface area (TPSA) is 75.7 Å². The highest BCUT2D eigenvalue weighted by atomic mass is 32.2. The van der Waals surface area contributed by atoms with E-state index in [1.54, 1.807) is 6.07 Å². The molecule has 1 saturated heterocycles. The molecule has 1 saturated carbocycles. The highest BCUT2D eigenvalue weighted by Crippen LogP contribution is 2.28. The summed E-state index contributed by atoms with van der Waals surface area (Å²) < 4.78 is 32.7. The first-order chi connectivity index (χ1) is 12.4. The van der Waals surface area contributed by atoms with Crippen LogP contribution in [-0.4, -0.2) is 44.9 Å². The molecule has 1 amide bonds. The van der Waals surface area contributed by atoms with E-state index in [1.807, 2.05) is 0 Å². The number of carbonyl (C=O) groups is 1. The summed E-state index contributed by atoms with van der Waals surface area (Å²) >= 11 is 0. The Morgan fingerprint density at radius 3 is 2.42 bits per heavy atom. The van der Waals surface area contributed by atoms with Crippen molar-refractivity contribution in [1.82, 2.24) is 9.62 Å². The predicted molar refractivity (Wildman–Crippen MR) is 99.9 cm³/mol. The maximum atomic E-state index is 13.0. The van der Waals surface area contributed by atoms with Crippen LogP contribution in [0.1, 0.15) is 55.8 Å². The van der Waals surface area contributed by atoms with Crippen LogP contribution < -0.4 is 10.1 Å². The molecule has 1 aromatic rings. The number of rotatable bonds is 5. The van der Waals surface area contributed by atoms with Crippen LogP contribution in [0.15, 0.2) is 23.1 Å². The Labute approximate surface area is 156 Å². The lowest BCUT2D eigenvalue weighted by Crippen LogP contribution is -2.38. The molecule has 1 aliphatic carbocycles. The van der Waals surface area contributed by atoms with Crippen molar-refractivity contribution in [2.75, 3.05) is 20.2 Å². The Kier molecular flexibility index (Phi) is 5.87. The summed E-state index contributed by atoms with van der Waals surface area (Å²) in [4.78, 5) is 12.8. The summed E-state index contributed by atoms with van der Waals surface area (Å²) in [6, 6.07) is 4.72. The van der Waals surface area contributed by atoms with Gasteiger partial charge in [-0.3, -0.25) is 4.79 Å². The van der Waals surface area contributed by atoms with E-state index >= 15 is 0 Å². The Morgan fingerprint density at radius 2 is 1.81 bits per heavy atom. The second kappa shape index (κ2) is 7.96. The molecule has 26 heavy (non-hydrogen) atoms. The molecule has 1 heterocycles. The number of nitrogens with one attached hydrogen (secondary N) is 1. The van der Waals surface area contributed by atoms with Crippen LogP contribution in [0.25, 0.3) is 0 Å². The van der Waals surface area contributed by atoms with Gasteiger partial charge in [0.1, 0.15) is 5.75 Å². The summed E-state index contributed by atoms with van der Waals surface area (Å²) in [6.07, 6.45) is 5.90. The van der Waals surface area contributed by atoms with Crippen molar-refractivity contribution in [2.24, 2.45) is 5.92 Å². The normalized spacial score (nSPS) is 20.2. The maximum Gasteiger partial charge on any atom is 0.255 e. The molecule has 0 atom stereocenters. The number of benzene rings is 1. The van der Waals surface area contributed by atoms with Crippen LogP contribution in [0.3, 0.4) is 0 Å². The highest BCUT2D eigenvalue weighted by Gasteiger charge is 2.29. The van der Waals surface area contributed by atoms with E-state index in [0.29, 0.717) is 24.8 Å². The van der Waals surface area contributed by atoms with Gasteiger partial charge < -0.3 is 10.1 Å². The van der Waals surface area contributed by atoms with Crippen LogP contribution in [0.4, 0.5) is 0 Å². The molecule has 7 heteroatoms. The fourth-order valence-corrected chi connectivity index (χ4v) is 5.23. The SMILES string of the molecule is COc1ccc(S(=O)(=O)N2CCC(C)CC2)cc1C(=O)NC1CCCC1. The second-order valence-electron chi connectivity index (χ2n) is 7.40. The highest BCUT2D eigenvalue weighted by molar-refractivity contribution is 7.89. The quantitative estimate of drug-likeness (QED) is 0.852. The average Bonchev–Trinajstić information content (AvgIpc) is 3.14. The number of methoxy groups -OCH3 is 1. The average molecular weight is 381 g/mol. The Morgan fingerprint density at radius 1 is 1.15 bits per heavy atom. The van der Waals surface area contributed by atoms with Gasteiger partial charge in [-0.05, 0) is 49.8 Å². The minimum Gasteiger partial charge on any atom is -0.496 e. The summed E-state index contributed by atoms with van der Waals surface area (Å²) in [5.74, 6) is 0.676. The van der Waals surface area contributed by atoms with E-state index in [9.17, 15) is 13.2 Å². The van der Waals surface area contributed by atoms with Crippen LogP contribution in [0.5, 0.6) is 5.75 Å². The number of carbonyl (C=O) groups excluding carboxylic acids is 1. The molecule has 2 fully saturated rings. The molecule has 3 rings (SSSR count). The van der Waals surface area contributed by atoms with E-state index in [4.69, 9.17) is 4.74 Å². The molecule has 1 aliphatic heterocycles. The maximum absolute atomic E-state index is 13.0. The van der Waals surface area contributed by atoms with Gasteiger partial charge in [0.15, 0.2) is 0 Å². The number of amides is 1. The summed E-state index contributed by atoms with van der Waals surface area (Å²) in [5, 5.41) is 3.01. The number of piperidine rings is 1. The Hall–Kier alpha value is -1.60. The molecule has 0 spiro atoms. The number of ether oxygens (including phenoxy) is 1. The lowest BCUT2D eigenvalue weighted by molar-refractivity contribution is 0.0934. The first-order valence-electron chi connectivity index (χ1n) is 9.41. The number of hydrogen-bond acceptors (Lipinski definition) is 4. The molecule has 144 valence electrons. The second-order valence-corrected chi connectivity index (χ2v) is 9.34. The zero-order valence-corrected chi connectivity index (χ0v) is 16.3. The third-order valence-corrected chi connectivity index (χ3v) is 7.38. The van der Waals surface area contributed by atoms with Gasteiger partial charge in [-0.15, -0.1) is 0 Å². The number of hydrogen-bond donors (Lipinski definition) is 1. The van der Waals surface area contributed by atoms with Gasteiger partial charge >= 0.3 is 0 Å². The third kappa shape index (κ3) is 4.04. The van der Waals surface area contributed by atoms with Crippen LogP contribution in [0, 0.1) is 5.92 Å². The van der Waals surface area contributed by atoms with Crippen molar-refractivity contribution in [3.63, 3.8) is 0 Å². The fourth-order valence-electron chi connectivity index (χ4n) is 3.73. The zero-order valence-electron chi connectivity index (χ0n) is 15.5. The first kappa shape index (κ1) is 19.2. The number of nitrogens with zero attached hydrogens (tertiary/aromatic N) is 1. The summed E-state index contributed by atoms with van der Waals surface area (Å²) in [6.45, 7) is 3.20. The number of sulfonamides is 1. The van der Waals surface area contributed by atoms with Gasteiger partial charge in [0.25, 0.3) is 5.91 Å². The summed E-state index contributed by atoms with van der Waals surface area (Å²) in [7, 11) is -2.11. The summed E-state index contributed by atoms with van der Waals surface area (Å²) in [5.41, 5.74) is 0.283. The van der Waals surface area contributed by atoms with E-state index in [-0.39, 0.29) is 22.4 Å². The van der Waals surface area contributed by atoms with Gasteiger partial charge in [-0.2, -0.15) is 4.31 Å². The molecule has 0 radical (unpaired) electrons. The smallest absolute Gasteiger partial charge is 0.255 e. The molecule has 0 aromatic heterocycles. The van der Waals surface area contributed by atoms with Gasteiger partial charge in [-0.1, -0.05) is 19.8 Å². The molecule has 1 aromatic carbocycles. The van der Waals surface area contributed by atoms with Crippen molar-refractivity contribution < 1.29 is 17.9 Å². The van der Waals surface area contributed by atoms with Crippen LogP contribution in [0.2, 0.25) is 0 Å². The van der Waals surface area contributed by atoms with E-state index < -0.39 is 10.0 Å². The Bertz CT molecular complexity index is 749. The van der Waals surface area contributed by atoms with Gasteiger partial charge in [0.05, 0.1) is 17.6 Å². The molecule has 0 unspecified atom stereocenters. The van der Waals surface area contributed by atoms with Crippen LogP contribution in [-0.2, 0) is 10.0 Å². The van der Waals surface area contributed by atoms with E-state index in [1.165, 1.54) is 23.5 Å². The molecular weight excluding hydrogens is 352 g/mol. The predicted octanol–water partition coefficient (Wildman–Crippen LogP) is 2.79. The van der Waals surface area contributed by atoms with Crippen molar-refractivity contribution in [3.8, 4) is 5.75 Å². The fraction of sp³-hybridized carbons (Fsp3) is 0.632. The molecule has 2 aliphatic rings. The molecule has 1 N–H and O–H groups in total. The largest absolute Gasteiger partial charge is 0.496 e. The lowest BCUT2D eigenvalue weighted by Gasteiger charge is -2.29. The van der Waals surface area contributed by atoms with Crippen LogP contribution >= 0.6 is 0 Å². The van der Waals surface area contributed by atoms with Crippen molar-refractivity contribution in [3.05, 3.63) is 23.8 Å². The Balaban J connectivity index is 1.85. The van der Waals surface area contributed by atoms with Gasteiger partial charge in [0, 0.05) is 19.1 Å². The standard InChI is InChI=1S/C19H28N2O4S/c1-14-9-11-21(12-10-14)26(23,24)16-7-8-18(25-2)17(13-16)19(22)20-15-5-3-4-6-15/h7-8,13-15H,3-6,9-12H2,1-2H3,(H,20,22). The molecular formula is C19H28N2O4S. The molecule has 0 bridgehead atoms. The monoisotopic (exact) mass is 380 g/mol.